The smallest absolute Gasteiger partial charge is 0.433 e. The van der Waals surface area contributed by atoms with Crippen molar-refractivity contribution in [2.45, 2.75) is 13.1 Å². The number of halogens is 4. The van der Waals surface area contributed by atoms with Crippen molar-refractivity contribution in [1.29, 1.82) is 0 Å². The minimum atomic E-state index is -4.62. The van der Waals surface area contributed by atoms with Crippen LogP contribution in [0.15, 0.2) is 30.6 Å². The molecular formula is C13H8ClF3N4O. The van der Waals surface area contributed by atoms with Gasteiger partial charge in [0.05, 0.1) is 5.02 Å². The average molecular weight is 329 g/mol. The summed E-state index contributed by atoms with van der Waals surface area (Å²) < 4.78 is 45.1. The molecule has 5 nitrogen and oxygen atoms in total. The Kier molecular flexibility index (Phi) is 3.40. The Bertz CT molecular complexity index is 847. The lowest BCUT2D eigenvalue weighted by atomic mass is 10.2. The van der Waals surface area contributed by atoms with Gasteiger partial charge in [-0.3, -0.25) is 0 Å². The number of aromatic nitrogens is 4. The van der Waals surface area contributed by atoms with Crippen molar-refractivity contribution in [3.63, 3.8) is 0 Å². The molecule has 0 spiro atoms. The van der Waals surface area contributed by atoms with E-state index in [9.17, 15) is 13.2 Å². The molecule has 0 saturated heterocycles. The molecule has 0 N–H and O–H groups in total. The Labute approximate surface area is 127 Å². The highest BCUT2D eigenvalue weighted by molar-refractivity contribution is 6.32. The standard InChI is InChI=1S/C13H8ClF3N4O/c1-7-2-3-9(8(14)4-7)22-11-5-10(13(15,16)17)20-12-18-6-19-21(11)12/h2-6H,1H3. The Balaban J connectivity index is 2.11. The second-order valence-corrected chi connectivity index (χ2v) is 4.89. The topological polar surface area (TPSA) is 52.3 Å². The van der Waals surface area contributed by atoms with Crippen LogP contribution >= 0.6 is 11.6 Å². The largest absolute Gasteiger partial charge is 0.437 e. The van der Waals surface area contributed by atoms with E-state index in [1.807, 2.05) is 6.92 Å². The van der Waals surface area contributed by atoms with Crippen LogP contribution in [-0.4, -0.2) is 19.6 Å². The van der Waals surface area contributed by atoms with E-state index < -0.39 is 11.9 Å². The van der Waals surface area contributed by atoms with Crippen molar-refractivity contribution in [2.75, 3.05) is 0 Å². The maximum atomic E-state index is 12.9. The number of fused-ring (bicyclic) bond motifs is 1. The number of benzene rings is 1. The van der Waals surface area contributed by atoms with Crippen LogP contribution in [0.25, 0.3) is 5.78 Å². The molecular weight excluding hydrogens is 321 g/mol. The average Bonchev–Trinajstić information content (AvgIpc) is 2.89. The number of nitrogens with zero attached hydrogens (tertiary/aromatic N) is 4. The van der Waals surface area contributed by atoms with Gasteiger partial charge in [0.25, 0.3) is 5.78 Å². The lowest BCUT2D eigenvalue weighted by Gasteiger charge is -2.11. The van der Waals surface area contributed by atoms with Crippen molar-refractivity contribution in [2.24, 2.45) is 0 Å². The molecule has 22 heavy (non-hydrogen) atoms. The number of rotatable bonds is 2. The fourth-order valence-electron chi connectivity index (χ4n) is 1.80. The van der Waals surface area contributed by atoms with E-state index in [0.29, 0.717) is 0 Å². The summed E-state index contributed by atoms with van der Waals surface area (Å²) in [4.78, 5) is 7.06. The molecule has 0 aliphatic heterocycles. The normalized spacial score (nSPS) is 11.9. The molecule has 114 valence electrons. The predicted octanol–water partition coefficient (Wildman–Crippen LogP) is 3.90. The maximum absolute atomic E-state index is 12.9. The Morgan fingerprint density at radius 3 is 2.68 bits per heavy atom. The van der Waals surface area contributed by atoms with Crippen LogP contribution in [0.2, 0.25) is 5.02 Å². The zero-order chi connectivity index (χ0) is 15.9. The van der Waals surface area contributed by atoms with Crippen molar-refractivity contribution >= 4 is 17.4 Å². The van der Waals surface area contributed by atoms with Crippen LogP contribution in [0.1, 0.15) is 11.3 Å². The minimum Gasteiger partial charge on any atom is -0.437 e. The molecule has 0 radical (unpaired) electrons. The molecule has 0 saturated carbocycles. The predicted molar refractivity (Wildman–Crippen MR) is 72.0 cm³/mol. The van der Waals surface area contributed by atoms with Gasteiger partial charge in [-0.05, 0) is 24.6 Å². The Morgan fingerprint density at radius 1 is 1.23 bits per heavy atom. The first-order valence-electron chi connectivity index (χ1n) is 6.06. The third kappa shape index (κ3) is 2.69. The minimum absolute atomic E-state index is 0.180. The number of ether oxygens (including phenoxy) is 1. The molecule has 3 aromatic rings. The second kappa shape index (κ2) is 5.13. The summed E-state index contributed by atoms with van der Waals surface area (Å²) in [5.74, 6) is -0.183. The lowest BCUT2D eigenvalue weighted by molar-refractivity contribution is -0.141. The van der Waals surface area contributed by atoms with Crippen molar-refractivity contribution in [1.82, 2.24) is 19.6 Å². The van der Waals surface area contributed by atoms with E-state index in [0.717, 1.165) is 22.5 Å². The van der Waals surface area contributed by atoms with Crippen LogP contribution in [0.3, 0.4) is 0 Å². The first-order chi connectivity index (χ1) is 10.3. The second-order valence-electron chi connectivity index (χ2n) is 4.49. The zero-order valence-corrected chi connectivity index (χ0v) is 11.9. The van der Waals surface area contributed by atoms with E-state index in [4.69, 9.17) is 16.3 Å². The summed E-state index contributed by atoms with van der Waals surface area (Å²) in [5, 5.41) is 4.07. The van der Waals surface area contributed by atoms with Gasteiger partial charge < -0.3 is 4.74 Å². The van der Waals surface area contributed by atoms with E-state index >= 15 is 0 Å². The number of hydrogen-bond donors (Lipinski definition) is 0. The molecule has 0 aliphatic rings. The summed E-state index contributed by atoms with van der Waals surface area (Å²) in [5.41, 5.74) is -0.222. The van der Waals surface area contributed by atoms with E-state index in [1.165, 1.54) is 0 Å². The summed E-state index contributed by atoms with van der Waals surface area (Å²) in [6.45, 7) is 1.83. The van der Waals surface area contributed by atoms with Crippen LogP contribution in [0, 0.1) is 6.92 Å². The third-order valence-corrected chi connectivity index (χ3v) is 3.11. The fraction of sp³-hybridized carbons (Fsp3) is 0.154. The molecule has 0 amide bonds. The van der Waals surface area contributed by atoms with Gasteiger partial charge in [-0.25, -0.2) is 4.98 Å². The molecule has 0 aliphatic carbocycles. The first kappa shape index (κ1) is 14.6. The Morgan fingerprint density at radius 2 is 2.00 bits per heavy atom. The Hall–Kier alpha value is -2.35. The van der Waals surface area contributed by atoms with Gasteiger partial charge in [0.15, 0.2) is 5.69 Å². The maximum Gasteiger partial charge on any atom is 0.433 e. The highest BCUT2D eigenvalue weighted by Crippen LogP contribution is 2.34. The van der Waals surface area contributed by atoms with Crippen LogP contribution in [0.5, 0.6) is 11.6 Å². The highest BCUT2D eigenvalue weighted by atomic mass is 35.5. The van der Waals surface area contributed by atoms with Crippen molar-refractivity contribution in [3.8, 4) is 11.6 Å². The highest BCUT2D eigenvalue weighted by Gasteiger charge is 2.34. The number of aryl methyl sites for hydroxylation is 1. The zero-order valence-electron chi connectivity index (χ0n) is 11.1. The molecule has 3 rings (SSSR count). The molecule has 0 atom stereocenters. The molecule has 2 heterocycles. The molecule has 1 aromatic carbocycles. The van der Waals surface area contributed by atoms with Gasteiger partial charge in [0.1, 0.15) is 12.1 Å². The van der Waals surface area contributed by atoms with Gasteiger partial charge in [-0.1, -0.05) is 17.7 Å². The molecule has 0 fully saturated rings. The van der Waals surface area contributed by atoms with Gasteiger partial charge in [-0.2, -0.15) is 27.8 Å². The van der Waals surface area contributed by atoms with E-state index in [-0.39, 0.29) is 22.4 Å². The van der Waals surface area contributed by atoms with Crippen LogP contribution in [-0.2, 0) is 6.18 Å². The van der Waals surface area contributed by atoms with Crippen molar-refractivity contribution in [3.05, 3.63) is 46.9 Å². The molecule has 0 unspecified atom stereocenters. The fourth-order valence-corrected chi connectivity index (χ4v) is 2.08. The lowest BCUT2D eigenvalue weighted by Crippen LogP contribution is -2.11. The van der Waals surface area contributed by atoms with Gasteiger partial charge in [-0.15, -0.1) is 0 Å². The first-order valence-corrected chi connectivity index (χ1v) is 6.44. The van der Waals surface area contributed by atoms with E-state index in [1.54, 1.807) is 18.2 Å². The third-order valence-electron chi connectivity index (χ3n) is 2.81. The van der Waals surface area contributed by atoms with Crippen LogP contribution < -0.4 is 4.74 Å². The molecule has 0 bridgehead atoms. The molecule has 2 aromatic heterocycles. The van der Waals surface area contributed by atoms with Gasteiger partial charge >= 0.3 is 6.18 Å². The van der Waals surface area contributed by atoms with Crippen molar-refractivity contribution < 1.29 is 17.9 Å². The van der Waals surface area contributed by atoms with Gasteiger partial charge in [0.2, 0.25) is 5.88 Å². The van der Waals surface area contributed by atoms with Gasteiger partial charge in [0, 0.05) is 6.07 Å². The number of alkyl halides is 3. The van der Waals surface area contributed by atoms with Crippen LogP contribution in [0.4, 0.5) is 13.2 Å². The monoisotopic (exact) mass is 328 g/mol. The SMILES string of the molecule is Cc1ccc(Oc2cc(C(F)(F)F)nc3ncnn23)c(Cl)c1. The summed E-state index contributed by atoms with van der Waals surface area (Å²) in [6, 6.07) is 5.68. The van der Waals surface area contributed by atoms with E-state index in [2.05, 4.69) is 15.1 Å². The summed E-state index contributed by atoms with van der Waals surface area (Å²) >= 11 is 6.03. The molecule has 9 heteroatoms. The summed E-state index contributed by atoms with van der Waals surface area (Å²) in [6.07, 6.45) is -3.53. The summed E-state index contributed by atoms with van der Waals surface area (Å²) in [7, 11) is 0. The number of hydrogen-bond acceptors (Lipinski definition) is 4. The quantitative estimate of drug-likeness (QED) is 0.716.